The molecule has 1 aliphatic heterocycles. The lowest BCUT2D eigenvalue weighted by atomic mass is 9.58. The van der Waals surface area contributed by atoms with Crippen LogP contribution in [0.4, 0.5) is 0 Å². The molecule has 1 aromatic carbocycles. The fourth-order valence-electron chi connectivity index (χ4n) is 4.49. The second-order valence-electron chi connectivity index (χ2n) is 7.58. The Morgan fingerprint density at radius 2 is 2.00 bits per heavy atom. The highest BCUT2D eigenvalue weighted by Crippen LogP contribution is 2.50. The predicted molar refractivity (Wildman–Crippen MR) is 103 cm³/mol. The van der Waals surface area contributed by atoms with Crippen LogP contribution < -0.4 is 0 Å². The number of rotatable bonds is 3. The topological polar surface area (TPSA) is 78.5 Å². The monoisotopic (exact) mass is 389 g/mol. The number of halogens is 1. The van der Waals surface area contributed by atoms with Gasteiger partial charge in [-0.05, 0) is 31.9 Å². The van der Waals surface area contributed by atoms with E-state index in [4.69, 9.17) is 16.3 Å². The average Bonchev–Trinajstić information content (AvgIpc) is 3.07. The third kappa shape index (κ3) is 2.96. The molecule has 2 aliphatic rings. The maximum atomic E-state index is 13.0. The lowest BCUT2D eigenvalue weighted by Gasteiger charge is -2.56. The Morgan fingerprint density at radius 1 is 1.33 bits per heavy atom. The van der Waals surface area contributed by atoms with Crippen LogP contribution in [0, 0.1) is 12.3 Å². The number of amides is 1. The largest absolute Gasteiger partial charge is 0.392 e. The van der Waals surface area contributed by atoms with E-state index >= 15 is 0 Å². The summed E-state index contributed by atoms with van der Waals surface area (Å²) in [4.78, 5) is 14.9. The number of nitrogens with zero attached hydrogens (tertiary/aromatic N) is 2. The second kappa shape index (κ2) is 6.93. The number of aliphatic hydroxyl groups excluding tert-OH is 1. The van der Waals surface area contributed by atoms with E-state index in [-0.39, 0.29) is 23.5 Å². The number of aromatic nitrogens is 2. The molecule has 2 atom stereocenters. The molecule has 1 saturated heterocycles. The number of hydrogen-bond donors (Lipinski definition) is 2. The van der Waals surface area contributed by atoms with E-state index in [1.807, 2.05) is 36.1 Å². The lowest BCUT2D eigenvalue weighted by Crippen LogP contribution is -2.62. The highest BCUT2D eigenvalue weighted by molar-refractivity contribution is 6.30. The van der Waals surface area contributed by atoms with Crippen molar-refractivity contribution in [2.75, 3.05) is 20.2 Å². The first-order valence-corrected chi connectivity index (χ1v) is 9.65. The van der Waals surface area contributed by atoms with Gasteiger partial charge in [0.1, 0.15) is 5.69 Å². The van der Waals surface area contributed by atoms with Crippen molar-refractivity contribution in [2.24, 2.45) is 5.41 Å². The predicted octanol–water partition coefficient (Wildman–Crippen LogP) is 3.04. The Labute approximate surface area is 163 Å². The van der Waals surface area contributed by atoms with Crippen LogP contribution in [0.1, 0.15) is 35.3 Å². The number of aliphatic hydroxyl groups is 1. The summed E-state index contributed by atoms with van der Waals surface area (Å²) in [7, 11) is 1.70. The minimum Gasteiger partial charge on any atom is -0.392 e. The number of likely N-dealkylation sites (tertiary alicyclic amines) is 1. The van der Waals surface area contributed by atoms with Gasteiger partial charge >= 0.3 is 0 Å². The van der Waals surface area contributed by atoms with Crippen LogP contribution >= 0.6 is 11.6 Å². The number of methoxy groups -OCH3 is 1. The molecule has 27 heavy (non-hydrogen) atoms. The zero-order valence-corrected chi connectivity index (χ0v) is 16.3. The van der Waals surface area contributed by atoms with Crippen LogP contribution in [0.25, 0.3) is 11.3 Å². The van der Waals surface area contributed by atoms with Gasteiger partial charge in [-0.15, -0.1) is 0 Å². The molecule has 1 saturated carbocycles. The van der Waals surface area contributed by atoms with Crippen molar-refractivity contribution < 1.29 is 14.6 Å². The molecule has 4 rings (SSSR count). The Morgan fingerprint density at radius 3 is 2.59 bits per heavy atom. The molecule has 1 aromatic heterocycles. The van der Waals surface area contributed by atoms with Gasteiger partial charge < -0.3 is 14.7 Å². The summed E-state index contributed by atoms with van der Waals surface area (Å²) in [5, 5.41) is 18.2. The van der Waals surface area contributed by atoms with Crippen molar-refractivity contribution >= 4 is 17.5 Å². The second-order valence-corrected chi connectivity index (χ2v) is 8.02. The van der Waals surface area contributed by atoms with Gasteiger partial charge in [0.25, 0.3) is 5.91 Å². The number of nitrogens with one attached hydrogen (secondary N) is 1. The van der Waals surface area contributed by atoms with Crippen molar-refractivity contribution in [1.82, 2.24) is 15.1 Å². The molecule has 7 heteroatoms. The molecule has 2 fully saturated rings. The summed E-state index contributed by atoms with van der Waals surface area (Å²) in [5.74, 6) is -0.0437. The van der Waals surface area contributed by atoms with Gasteiger partial charge in [0.15, 0.2) is 0 Å². The van der Waals surface area contributed by atoms with E-state index in [9.17, 15) is 9.90 Å². The zero-order valence-electron chi connectivity index (χ0n) is 15.5. The SMILES string of the molecule is CO[C@H]1C[C@@H](O)C12CCN(C(=O)c1[nH]nc(-c3ccc(Cl)cc3)c1C)CC2. The summed E-state index contributed by atoms with van der Waals surface area (Å²) in [5.41, 5.74) is 2.85. The van der Waals surface area contributed by atoms with E-state index < -0.39 is 0 Å². The molecule has 1 aliphatic carbocycles. The highest BCUT2D eigenvalue weighted by Gasteiger charge is 2.56. The third-order valence-corrected chi connectivity index (χ3v) is 6.60. The molecule has 2 aromatic rings. The minimum atomic E-state index is -0.329. The zero-order chi connectivity index (χ0) is 19.2. The average molecular weight is 390 g/mol. The molecule has 6 nitrogen and oxygen atoms in total. The van der Waals surface area contributed by atoms with Crippen LogP contribution in [-0.4, -0.2) is 58.5 Å². The molecule has 144 valence electrons. The number of aromatic amines is 1. The maximum Gasteiger partial charge on any atom is 0.272 e. The number of ether oxygens (including phenoxy) is 1. The highest BCUT2D eigenvalue weighted by atomic mass is 35.5. The third-order valence-electron chi connectivity index (χ3n) is 6.35. The number of piperidine rings is 1. The molecule has 0 bridgehead atoms. The standard InChI is InChI=1S/C20H24ClN3O3/c1-12-17(13-3-5-14(21)6-4-13)22-23-18(12)19(26)24-9-7-20(8-10-24)15(25)11-16(20)27-2/h3-6,15-16,25H,7-11H2,1-2H3,(H,22,23)/t15-,16+/m1/s1. The van der Waals surface area contributed by atoms with Crippen LogP contribution in [0.5, 0.6) is 0 Å². The molecule has 1 amide bonds. The molecular weight excluding hydrogens is 366 g/mol. The van der Waals surface area contributed by atoms with Gasteiger partial charge in [-0.25, -0.2) is 0 Å². The number of H-pyrrole nitrogens is 1. The normalized spacial score (nSPS) is 24.1. The first-order chi connectivity index (χ1) is 13.0. The summed E-state index contributed by atoms with van der Waals surface area (Å²) in [6.45, 7) is 3.14. The minimum absolute atomic E-state index is 0.0437. The molecule has 0 radical (unpaired) electrons. The van der Waals surface area contributed by atoms with Crippen molar-refractivity contribution in [1.29, 1.82) is 0 Å². The molecular formula is C20H24ClN3O3. The fraction of sp³-hybridized carbons (Fsp3) is 0.500. The van der Waals surface area contributed by atoms with E-state index in [0.29, 0.717) is 30.2 Å². The van der Waals surface area contributed by atoms with E-state index in [0.717, 1.165) is 29.7 Å². The maximum absolute atomic E-state index is 13.0. The van der Waals surface area contributed by atoms with Crippen molar-refractivity contribution in [3.05, 3.63) is 40.5 Å². The first kappa shape index (κ1) is 18.5. The van der Waals surface area contributed by atoms with Crippen LogP contribution in [-0.2, 0) is 4.74 Å². The summed E-state index contributed by atoms with van der Waals surface area (Å²) >= 11 is 5.95. The van der Waals surface area contributed by atoms with E-state index in [1.54, 1.807) is 7.11 Å². The van der Waals surface area contributed by atoms with Crippen molar-refractivity contribution in [3.8, 4) is 11.3 Å². The van der Waals surface area contributed by atoms with Gasteiger partial charge in [-0.3, -0.25) is 9.89 Å². The van der Waals surface area contributed by atoms with Crippen LogP contribution in [0.15, 0.2) is 24.3 Å². The summed E-state index contributed by atoms with van der Waals surface area (Å²) < 4.78 is 5.52. The molecule has 1 spiro atoms. The van der Waals surface area contributed by atoms with E-state index in [2.05, 4.69) is 10.2 Å². The Balaban J connectivity index is 1.49. The molecule has 2 N–H and O–H groups in total. The number of benzene rings is 1. The van der Waals surface area contributed by atoms with Gasteiger partial charge in [-0.1, -0.05) is 23.7 Å². The van der Waals surface area contributed by atoms with Crippen molar-refractivity contribution in [3.63, 3.8) is 0 Å². The number of hydrogen-bond acceptors (Lipinski definition) is 4. The fourth-order valence-corrected chi connectivity index (χ4v) is 4.62. The van der Waals surface area contributed by atoms with Crippen LogP contribution in [0.2, 0.25) is 5.02 Å². The first-order valence-electron chi connectivity index (χ1n) is 9.27. The summed E-state index contributed by atoms with van der Waals surface area (Å²) in [6.07, 6.45) is 1.97. The Kier molecular flexibility index (Phi) is 4.74. The van der Waals surface area contributed by atoms with Gasteiger partial charge in [0.2, 0.25) is 0 Å². The smallest absolute Gasteiger partial charge is 0.272 e. The van der Waals surface area contributed by atoms with Gasteiger partial charge in [0, 0.05) is 48.2 Å². The van der Waals surface area contributed by atoms with Gasteiger partial charge in [0.05, 0.1) is 17.9 Å². The Bertz CT molecular complexity index is 841. The Hall–Kier alpha value is -1.89. The van der Waals surface area contributed by atoms with Crippen molar-refractivity contribution in [2.45, 2.75) is 38.4 Å². The molecule has 0 unspecified atom stereocenters. The quantitative estimate of drug-likeness (QED) is 0.845. The number of carbonyl (C=O) groups is 1. The van der Waals surface area contributed by atoms with Crippen LogP contribution in [0.3, 0.4) is 0 Å². The summed E-state index contributed by atoms with van der Waals surface area (Å²) in [6, 6.07) is 7.42. The lowest BCUT2D eigenvalue weighted by molar-refractivity contribution is -0.199. The number of carbonyl (C=O) groups excluding carboxylic acids is 1. The van der Waals surface area contributed by atoms with E-state index in [1.165, 1.54) is 0 Å². The van der Waals surface area contributed by atoms with Gasteiger partial charge in [-0.2, -0.15) is 5.10 Å². The molecule has 2 heterocycles.